The highest BCUT2D eigenvalue weighted by atomic mass is 35.5. The molecular formula is C23H23ClN8S. The number of anilines is 2. The van der Waals surface area contributed by atoms with E-state index in [4.69, 9.17) is 24.4 Å². The summed E-state index contributed by atoms with van der Waals surface area (Å²) in [6.07, 6.45) is 10.0. The molecule has 1 spiro atoms. The Kier molecular flexibility index (Phi) is 4.66. The zero-order chi connectivity index (χ0) is 23.4. The quantitative estimate of drug-likeness (QED) is 0.457. The Labute approximate surface area is 201 Å². The first kappa shape index (κ1) is 19.6. The lowest BCUT2D eigenvalue weighted by Gasteiger charge is -2.42. The molecule has 1 aliphatic carbocycles. The van der Waals surface area contributed by atoms with Gasteiger partial charge in [-0.1, -0.05) is 29.4 Å². The van der Waals surface area contributed by atoms with Crippen LogP contribution in [0.3, 0.4) is 0 Å². The third-order valence-electron chi connectivity index (χ3n) is 6.89. The van der Waals surface area contributed by atoms with Gasteiger partial charge in [-0.25, -0.2) is 15.0 Å². The van der Waals surface area contributed by atoms with Crippen molar-refractivity contribution in [3.05, 3.63) is 65.4 Å². The largest absolute Gasteiger partial charge is 0.382 e. The molecule has 8 nitrogen and oxygen atoms in total. The Hall–Kier alpha value is -2.88. The molecule has 2 aliphatic rings. The Morgan fingerprint density at radius 1 is 1.09 bits per heavy atom. The molecule has 1 fully saturated rings. The summed E-state index contributed by atoms with van der Waals surface area (Å²) in [6.45, 7) is 1.61. The molecule has 0 aromatic carbocycles. The molecule has 10 heteroatoms. The van der Waals surface area contributed by atoms with Gasteiger partial charge >= 0.3 is 0 Å². The number of nitrogen functional groups attached to an aromatic ring is 1. The molecule has 1 saturated heterocycles. The van der Waals surface area contributed by atoms with E-state index in [0.29, 0.717) is 20.5 Å². The third-order valence-corrected chi connectivity index (χ3v) is 8.44. The minimum atomic E-state index is 0.00244. The van der Waals surface area contributed by atoms with Crippen molar-refractivity contribution in [2.24, 2.45) is 11.1 Å². The second kappa shape index (κ2) is 7.86. The summed E-state index contributed by atoms with van der Waals surface area (Å²) in [5, 5.41) is 0.366. The van der Waals surface area contributed by atoms with Crippen LogP contribution in [0.15, 0.2) is 59.0 Å². The number of imidazole rings is 1. The third kappa shape index (κ3) is 3.34. The van der Waals surface area contributed by atoms with Gasteiger partial charge in [-0.15, -0.1) is 0 Å². The highest BCUT2D eigenvalue weighted by Crippen LogP contribution is 2.50. The van der Waals surface area contributed by atoms with Gasteiger partial charge in [0.15, 0.2) is 5.65 Å². The number of fused-ring (bicyclic) bond motifs is 2. The predicted octanol–water partition coefficient (Wildman–Crippen LogP) is 3.75. The Morgan fingerprint density at radius 3 is 2.76 bits per heavy atom. The molecule has 1 aliphatic heterocycles. The standard InChI is InChI=1S/C23H23ClN8S/c24-18-16(3-7-28-20(18)26)33-17-13-30-22(32-11-8-29-21(17)32)31-9-4-23(5-10-31)12-15-14(19(23)25)2-1-6-27-15/h1-3,6-8,11,13,19H,4-5,9-10,12,25H2,(H2,26,28)/i13D. The van der Waals surface area contributed by atoms with Crippen molar-refractivity contribution in [1.82, 2.24) is 24.3 Å². The number of hydrogen-bond acceptors (Lipinski definition) is 8. The van der Waals surface area contributed by atoms with Crippen LogP contribution in [0.5, 0.6) is 0 Å². The number of rotatable bonds is 3. The number of nitrogens with two attached hydrogens (primary N) is 2. The van der Waals surface area contributed by atoms with Crippen LogP contribution in [-0.4, -0.2) is 37.4 Å². The van der Waals surface area contributed by atoms with Crippen molar-refractivity contribution < 1.29 is 1.37 Å². The van der Waals surface area contributed by atoms with Crippen LogP contribution in [0.2, 0.25) is 5.02 Å². The van der Waals surface area contributed by atoms with Crippen LogP contribution in [0, 0.1) is 5.41 Å². The van der Waals surface area contributed by atoms with Crippen LogP contribution >= 0.6 is 23.4 Å². The number of piperidine rings is 1. The average molecular weight is 480 g/mol. The van der Waals surface area contributed by atoms with Crippen molar-refractivity contribution in [2.45, 2.75) is 35.1 Å². The Morgan fingerprint density at radius 2 is 1.94 bits per heavy atom. The topological polar surface area (TPSA) is 111 Å². The zero-order valence-corrected chi connectivity index (χ0v) is 19.4. The van der Waals surface area contributed by atoms with Gasteiger partial charge in [0.25, 0.3) is 0 Å². The summed E-state index contributed by atoms with van der Waals surface area (Å²) in [4.78, 5) is 21.4. The number of nitrogens with zero attached hydrogens (tertiary/aromatic N) is 6. The lowest BCUT2D eigenvalue weighted by atomic mass is 9.73. The van der Waals surface area contributed by atoms with E-state index in [1.165, 1.54) is 17.3 Å². The molecule has 168 valence electrons. The molecular weight excluding hydrogens is 456 g/mol. The first-order chi connectivity index (χ1) is 16.5. The molecule has 33 heavy (non-hydrogen) atoms. The molecule has 0 amide bonds. The molecule has 5 heterocycles. The number of pyridine rings is 2. The summed E-state index contributed by atoms with van der Waals surface area (Å²) in [6, 6.07) is 5.85. The molecule has 4 N–H and O–H groups in total. The van der Waals surface area contributed by atoms with E-state index in [0.717, 1.165) is 44.0 Å². The summed E-state index contributed by atoms with van der Waals surface area (Å²) in [7, 11) is 0. The molecule has 0 bridgehead atoms. The van der Waals surface area contributed by atoms with E-state index < -0.39 is 0 Å². The maximum Gasteiger partial charge on any atom is 0.211 e. The summed E-state index contributed by atoms with van der Waals surface area (Å²) >= 11 is 7.66. The van der Waals surface area contributed by atoms with E-state index in [9.17, 15) is 0 Å². The van der Waals surface area contributed by atoms with Crippen LogP contribution in [0.4, 0.5) is 11.8 Å². The van der Waals surface area contributed by atoms with Crippen LogP contribution in [-0.2, 0) is 6.42 Å². The normalized spacial score (nSPS) is 19.8. The number of hydrogen-bond donors (Lipinski definition) is 2. The van der Waals surface area contributed by atoms with Crippen molar-refractivity contribution >= 4 is 40.8 Å². The van der Waals surface area contributed by atoms with Gasteiger partial charge in [-0.05, 0) is 42.4 Å². The molecule has 0 saturated carbocycles. The highest BCUT2D eigenvalue weighted by molar-refractivity contribution is 7.99. The van der Waals surface area contributed by atoms with Crippen molar-refractivity contribution in [2.75, 3.05) is 23.7 Å². The van der Waals surface area contributed by atoms with E-state index in [2.05, 4.69) is 30.9 Å². The summed E-state index contributed by atoms with van der Waals surface area (Å²) < 4.78 is 10.6. The fraction of sp³-hybridized carbons (Fsp3) is 0.304. The molecule has 4 aromatic heterocycles. The van der Waals surface area contributed by atoms with Crippen molar-refractivity contribution in [1.29, 1.82) is 0 Å². The SMILES string of the molecule is [2H]c1nc(N2CCC3(CC2)Cc2ncccc2C3N)n2ccnc2c1Sc1ccnc(N)c1Cl. The monoisotopic (exact) mass is 479 g/mol. The summed E-state index contributed by atoms with van der Waals surface area (Å²) in [5.41, 5.74) is 15.6. The second-order valence-corrected chi connectivity index (χ2v) is 10.1. The summed E-state index contributed by atoms with van der Waals surface area (Å²) in [5.74, 6) is 0.978. The minimum Gasteiger partial charge on any atom is -0.382 e. The minimum absolute atomic E-state index is 0.00244. The van der Waals surface area contributed by atoms with Gasteiger partial charge in [0.2, 0.25) is 5.95 Å². The van der Waals surface area contributed by atoms with E-state index >= 15 is 0 Å². The number of halogens is 1. The van der Waals surface area contributed by atoms with Gasteiger partial charge in [0, 0.05) is 60.7 Å². The highest BCUT2D eigenvalue weighted by Gasteiger charge is 2.46. The zero-order valence-electron chi connectivity index (χ0n) is 18.8. The molecule has 0 radical (unpaired) electrons. The van der Waals surface area contributed by atoms with Crippen LogP contribution < -0.4 is 16.4 Å². The Bertz CT molecular complexity index is 1400. The van der Waals surface area contributed by atoms with E-state index in [1.807, 2.05) is 22.9 Å². The average Bonchev–Trinajstić information content (AvgIpc) is 3.43. The lowest BCUT2D eigenvalue weighted by Crippen LogP contribution is -2.45. The second-order valence-electron chi connectivity index (χ2n) is 8.63. The predicted molar refractivity (Wildman–Crippen MR) is 130 cm³/mol. The smallest absolute Gasteiger partial charge is 0.211 e. The maximum absolute atomic E-state index is 8.67. The van der Waals surface area contributed by atoms with Gasteiger partial charge < -0.3 is 16.4 Å². The number of aromatic nitrogens is 5. The fourth-order valence-corrected chi connectivity index (χ4v) is 6.16. The van der Waals surface area contributed by atoms with Crippen molar-refractivity contribution in [3.63, 3.8) is 0 Å². The molecule has 4 aromatic rings. The van der Waals surface area contributed by atoms with Gasteiger partial charge in [0.1, 0.15) is 5.82 Å². The first-order valence-corrected chi connectivity index (χ1v) is 12.0. The van der Waals surface area contributed by atoms with Crippen molar-refractivity contribution in [3.8, 4) is 0 Å². The van der Waals surface area contributed by atoms with Gasteiger partial charge in [0.05, 0.1) is 11.3 Å². The van der Waals surface area contributed by atoms with Gasteiger partial charge in [-0.2, -0.15) is 0 Å². The Balaban J connectivity index is 1.29. The maximum atomic E-state index is 8.67. The molecule has 6 rings (SSSR count). The molecule has 1 unspecified atom stereocenters. The van der Waals surface area contributed by atoms with Crippen LogP contribution in [0.25, 0.3) is 5.65 Å². The van der Waals surface area contributed by atoms with E-state index in [-0.39, 0.29) is 23.4 Å². The van der Waals surface area contributed by atoms with Gasteiger partial charge in [-0.3, -0.25) is 9.38 Å². The van der Waals surface area contributed by atoms with Crippen LogP contribution in [0.1, 0.15) is 31.5 Å². The fourth-order valence-electron chi connectivity index (χ4n) is 5.05. The molecule has 1 atom stereocenters. The first-order valence-electron chi connectivity index (χ1n) is 11.3. The van der Waals surface area contributed by atoms with E-state index in [1.54, 1.807) is 18.5 Å². The lowest BCUT2D eigenvalue weighted by molar-refractivity contribution is 0.186.